The third kappa shape index (κ3) is 6.86. The highest BCUT2D eigenvalue weighted by atomic mass is 19.3. The Labute approximate surface area is 258 Å². The summed E-state index contributed by atoms with van der Waals surface area (Å²) in [6, 6.07) is 10.2. The van der Waals surface area contributed by atoms with Gasteiger partial charge in [-0.05, 0) is 67.0 Å². The van der Waals surface area contributed by atoms with Crippen molar-refractivity contribution in [2.75, 3.05) is 39.3 Å². The maximum Gasteiger partial charge on any atom is 0.269 e. The quantitative estimate of drug-likeness (QED) is 0.320. The highest BCUT2D eigenvalue weighted by Crippen LogP contribution is 2.37. The Morgan fingerprint density at radius 1 is 1.05 bits per heavy atom. The summed E-state index contributed by atoms with van der Waals surface area (Å²) >= 11 is 0. The summed E-state index contributed by atoms with van der Waals surface area (Å²) in [6.45, 7) is 15.1. The second kappa shape index (κ2) is 12.3. The van der Waals surface area contributed by atoms with Gasteiger partial charge in [0.1, 0.15) is 5.82 Å². The third-order valence-electron chi connectivity index (χ3n) is 9.69. The van der Waals surface area contributed by atoms with Crippen molar-refractivity contribution in [2.24, 2.45) is 11.3 Å². The van der Waals surface area contributed by atoms with Crippen LogP contribution in [0.2, 0.25) is 0 Å². The molecule has 2 aliphatic rings. The van der Waals surface area contributed by atoms with Crippen LogP contribution in [0.25, 0.3) is 11.1 Å². The summed E-state index contributed by atoms with van der Waals surface area (Å²) in [4.78, 5) is 16.6. The van der Waals surface area contributed by atoms with Crippen molar-refractivity contribution in [3.8, 4) is 11.1 Å². The van der Waals surface area contributed by atoms with Crippen LogP contribution in [0.5, 0.6) is 0 Å². The molecule has 1 amide bonds. The zero-order chi connectivity index (χ0) is 31.9. The fourth-order valence-corrected chi connectivity index (χ4v) is 5.98. The van der Waals surface area contributed by atoms with E-state index in [4.69, 9.17) is 4.74 Å². The number of carbonyl (C=O) groups excluding carboxylic acids is 1. The summed E-state index contributed by atoms with van der Waals surface area (Å²) < 4.78 is 53.4. The third-order valence-corrected chi connectivity index (χ3v) is 9.69. The molecule has 2 saturated heterocycles. The molecule has 3 aromatic rings. The van der Waals surface area contributed by atoms with E-state index in [1.807, 2.05) is 32.0 Å². The number of morpholine rings is 1. The van der Waals surface area contributed by atoms with Crippen molar-refractivity contribution in [3.63, 3.8) is 0 Å². The molecule has 7 nitrogen and oxygen atoms in total. The molecule has 5 rings (SSSR count). The normalized spacial score (nSPS) is 22.8. The number of hydrogen-bond acceptors (Lipinski definition) is 5. The predicted octanol–water partition coefficient (Wildman–Crippen LogP) is 6.18. The number of likely N-dealkylation sites (tertiary alicyclic amines) is 1. The molecule has 0 N–H and O–H groups in total. The van der Waals surface area contributed by atoms with E-state index in [-0.39, 0.29) is 36.1 Å². The van der Waals surface area contributed by atoms with Gasteiger partial charge in [-0.3, -0.25) is 14.4 Å². The topological polar surface area (TPSA) is 63.5 Å². The number of ether oxygens (including phenoxy) is 1. The summed E-state index contributed by atoms with van der Waals surface area (Å²) in [5, 5.41) is 8.36. The molecule has 1 aromatic heterocycles. The Bertz CT molecular complexity index is 1500. The molecule has 0 saturated carbocycles. The molecule has 3 heterocycles. The molecule has 0 aliphatic carbocycles. The standard InChI is InChI=1S/C34H44F3N5O2/c1-23-7-8-25(17-24(23)2)26-9-10-29(30(35)18-26)31(43)41-14-11-27(34(36,37)22-41)19-42-20-28(38-39-42)12-13-40-15-16-44-33(6,21-40)32(3,4)5/h7-10,17-18,20,27H,11-16,19,21-22H2,1-6H3. The number of amides is 1. The van der Waals surface area contributed by atoms with Crippen molar-refractivity contribution >= 4 is 5.91 Å². The maximum absolute atomic E-state index is 15.3. The van der Waals surface area contributed by atoms with E-state index in [0.29, 0.717) is 18.6 Å². The number of aryl methyl sites for hydroxylation is 2. The molecule has 2 aromatic carbocycles. The number of piperidine rings is 1. The number of carbonyl (C=O) groups is 1. The average Bonchev–Trinajstić information content (AvgIpc) is 3.41. The number of alkyl halides is 2. The van der Waals surface area contributed by atoms with Crippen LogP contribution in [0.1, 0.15) is 61.3 Å². The first-order chi connectivity index (χ1) is 20.6. The van der Waals surface area contributed by atoms with Gasteiger partial charge in [-0.25, -0.2) is 13.2 Å². The molecule has 2 aliphatic heterocycles. The molecule has 0 bridgehead atoms. The molecule has 238 valence electrons. The van der Waals surface area contributed by atoms with Gasteiger partial charge in [0.2, 0.25) is 0 Å². The van der Waals surface area contributed by atoms with Crippen molar-refractivity contribution in [2.45, 2.75) is 72.5 Å². The highest BCUT2D eigenvalue weighted by molar-refractivity contribution is 5.95. The van der Waals surface area contributed by atoms with E-state index in [2.05, 4.69) is 42.9 Å². The van der Waals surface area contributed by atoms with Gasteiger partial charge in [0.25, 0.3) is 11.8 Å². The fourth-order valence-electron chi connectivity index (χ4n) is 5.98. The van der Waals surface area contributed by atoms with Crippen LogP contribution in [-0.2, 0) is 17.7 Å². The summed E-state index contributed by atoms with van der Waals surface area (Å²) in [5.41, 5.74) is 3.97. The Kier molecular flexibility index (Phi) is 8.97. The lowest BCUT2D eigenvalue weighted by atomic mass is 9.76. The van der Waals surface area contributed by atoms with E-state index >= 15 is 13.2 Å². The Morgan fingerprint density at radius 2 is 1.77 bits per heavy atom. The first-order valence-corrected chi connectivity index (χ1v) is 15.4. The Morgan fingerprint density at radius 3 is 2.45 bits per heavy atom. The molecule has 10 heteroatoms. The minimum absolute atomic E-state index is 0.0000327. The van der Waals surface area contributed by atoms with Crippen LogP contribution in [0, 0.1) is 31.0 Å². The van der Waals surface area contributed by atoms with Crippen LogP contribution in [0.3, 0.4) is 0 Å². The van der Waals surface area contributed by atoms with Crippen molar-refractivity contribution in [1.82, 2.24) is 24.8 Å². The molecular formula is C34H44F3N5O2. The second-order valence-electron chi connectivity index (χ2n) is 13.8. The van der Waals surface area contributed by atoms with Gasteiger partial charge in [-0.1, -0.05) is 50.3 Å². The number of rotatable bonds is 7. The van der Waals surface area contributed by atoms with E-state index in [1.165, 1.54) is 16.8 Å². The Balaban J connectivity index is 1.16. The number of benzene rings is 2. The van der Waals surface area contributed by atoms with Crippen LogP contribution in [0.4, 0.5) is 13.2 Å². The smallest absolute Gasteiger partial charge is 0.269 e. The number of hydrogen-bond donors (Lipinski definition) is 0. The minimum atomic E-state index is -3.15. The van der Waals surface area contributed by atoms with Gasteiger partial charge in [0.15, 0.2) is 0 Å². The SMILES string of the molecule is Cc1ccc(-c2ccc(C(=O)N3CCC(Cn4cc(CCN5CCOC(C)(C(C)(C)C)C5)nn4)C(F)(F)C3)c(F)c2)cc1C. The van der Waals surface area contributed by atoms with Crippen LogP contribution in [-0.4, -0.2) is 81.6 Å². The first-order valence-electron chi connectivity index (χ1n) is 15.4. The lowest BCUT2D eigenvalue weighted by molar-refractivity contribution is -0.153. The molecule has 2 unspecified atom stereocenters. The summed E-state index contributed by atoms with van der Waals surface area (Å²) in [7, 11) is 0. The van der Waals surface area contributed by atoms with Gasteiger partial charge in [0.05, 0.1) is 36.6 Å². The van der Waals surface area contributed by atoms with Crippen LogP contribution in [0.15, 0.2) is 42.6 Å². The van der Waals surface area contributed by atoms with Crippen molar-refractivity contribution in [3.05, 3.63) is 70.8 Å². The maximum atomic E-state index is 15.3. The first kappa shape index (κ1) is 32.2. The van der Waals surface area contributed by atoms with Gasteiger partial charge in [-0.15, -0.1) is 5.10 Å². The van der Waals surface area contributed by atoms with Gasteiger partial charge >= 0.3 is 0 Å². The molecule has 44 heavy (non-hydrogen) atoms. The lowest BCUT2D eigenvalue weighted by Crippen LogP contribution is -2.56. The van der Waals surface area contributed by atoms with Crippen LogP contribution >= 0.6 is 0 Å². The van der Waals surface area contributed by atoms with E-state index in [0.717, 1.165) is 46.9 Å². The summed E-state index contributed by atoms with van der Waals surface area (Å²) in [5.74, 6) is -5.60. The number of halogens is 3. The predicted molar refractivity (Wildman–Crippen MR) is 164 cm³/mol. The van der Waals surface area contributed by atoms with E-state index in [9.17, 15) is 4.79 Å². The molecule has 2 atom stereocenters. The summed E-state index contributed by atoms with van der Waals surface area (Å²) in [6.07, 6.45) is 2.48. The zero-order valence-electron chi connectivity index (χ0n) is 26.7. The molecular weight excluding hydrogens is 567 g/mol. The fraction of sp³-hybridized carbons (Fsp3) is 0.559. The number of nitrogens with zero attached hydrogens (tertiary/aromatic N) is 5. The minimum Gasteiger partial charge on any atom is -0.372 e. The molecule has 0 radical (unpaired) electrons. The van der Waals surface area contributed by atoms with Gasteiger partial charge in [0, 0.05) is 44.7 Å². The number of aromatic nitrogens is 3. The molecule has 0 spiro atoms. The van der Waals surface area contributed by atoms with E-state index in [1.54, 1.807) is 12.3 Å². The second-order valence-corrected chi connectivity index (χ2v) is 13.8. The monoisotopic (exact) mass is 611 g/mol. The average molecular weight is 612 g/mol. The van der Waals surface area contributed by atoms with Crippen LogP contribution < -0.4 is 0 Å². The van der Waals surface area contributed by atoms with Crippen molar-refractivity contribution in [1.29, 1.82) is 0 Å². The zero-order valence-corrected chi connectivity index (χ0v) is 26.7. The largest absolute Gasteiger partial charge is 0.372 e. The highest BCUT2D eigenvalue weighted by Gasteiger charge is 2.46. The molecule has 2 fully saturated rings. The Hall–Kier alpha value is -3.24. The van der Waals surface area contributed by atoms with Gasteiger partial charge in [-0.2, -0.15) is 0 Å². The van der Waals surface area contributed by atoms with E-state index < -0.39 is 30.1 Å². The van der Waals surface area contributed by atoms with Crippen molar-refractivity contribution < 1.29 is 22.7 Å². The lowest BCUT2D eigenvalue weighted by Gasteiger charge is -2.48. The van der Waals surface area contributed by atoms with Gasteiger partial charge < -0.3 is 9.64 Å².